The van der Waals surface area contributed by atoms with Crippen LogP contribution in [0.1, 0.15) is 18.5 Å². The van der Waals surface area contributed by atoms with Gasteiger partial charge in [0.25, 0.3) is 5.88 Å². The van der Waals surface area contributed by atoms with Crippen molar-refractivity contribution in [2.24, 2.45) is 5.92 Å². The van der Waals surface area contributed by atoms with Crippen LogP contribution in [-0.2, 0) is 16.0 Å². The molecule has 1 fully saturated rings. The number of rotatable bonds is 3. The van der Waals surface area contributed by atoms with E-state index in [9.17, 15) is 0 Å². The maximum absolute atomic E-state index is 6.21. The Kier molecular flexibility index (Phi) is 5.84. The third kappa shape index (κ3) is 4.16. The number of ether oxygens (including phenoxy) is 3. The van der Waals surface area contributed by atoms with Crippen LogP contribution in [0.15, 0.2) is 6.20 Å². The van der Waals surface area contributed by atoms with Crippen molar-refractivity contribution in [1.29, 1.82) is 0 Å². The Morgan fingerprint density at radius 2 is 2.18 bits per heavy atom. The van der Waals surface area contributed by atoms with Crippen LogP contribution in [0, 0.1) is 12.8 Å². The van der Waals surface area contributed by atoms with Gasteiger partial charge in [0.15, 0.2) is 5.82 Å². The van der Waals surface area contributed by atoms with E-state index in [1.54, 1.807) is 13.3 Å². The second-order valence-electron chi connectivity index (χ2n) is 7.07. The number of nitrogens with one attached hydrogen (secondary N) is 2. The minimum absolute atomic E-state index is 0.179. The topological polar surface area (TPSA) is 95.4 Å². The fourth-order valence-corrected chi connectivity index (χ4v) is 3.53. The Morgan fingerprint density at radius 3 is 2.96 bits per heavy atom. The fraction of sp³-hybridized carbons (Fsp3) is 0.611. The van der Waals surface area contributed by atoms with E-state index in [1.165, 1.54) is 0 Å². The molecule has 0 aliphatic carbocycles. The van der Waals surface area contributed by atoms with Gasteiger partial charge in [-0.1, -0.05) is 11.6 Å². The number of aromatic nitrogens is 4. The monoisotopic (exact) mass is 408 g/mol. The largest absolute Gasteiger partial charge is 0.472 e. The first kappa shape index (κ1) is 19.2. The fourth-order valence-electron chi connectivity index (χ4n) is 3.37. The molecule has 1 atom stereocenters. The van der Waals surface area contributed by atoms with Crippen LogP contribution in [0.4, 0.5) is 17.5 Å². The second-order valence-corrected chi connectivity index (χ2v) is 7.48. The van der Waals surface area contributed by atoms with Crippen LogP contribution in [0.5, 0.6) is 5.88 Å². The number of hydrogen-bond donors (Lipinski definition) is 2. The number of hydrogen-bond acceptors (Lipinski definition) is 8. The Labute approximate surface area is 168 Å². The van der Waals surface area contributed by atoms with E-state index in [0.717, 1.165) is 44.0 Å². The summed E-state index contributed by atoms with van der Waals surface area (Å²) < 4.78 is 19.0. The molecule has 0 spiro atoms. The zero-order valence-electron chi connectivity index (χ0n) is 16.1. The normalized spacial score (nSPS) is 20.3. The van der Waals surface area contributed by atoms with E-state index >= 15 is 0 Å². The van der Waals surface area contributed by atoms with Gasteiger partial charge in [0.1, 0.15) is 23.4 Å². The number of methoxy groups -OCH3 is 1. The van der Waals surface area contributed by atoms with Gasteiger partial charge in [-0.15, -0.1) is 5.10 Å². The molecule has 10 heteroatoms. The van der Waals surface area contributed by atoms with Crippen LogP contribution >= 0.6 is 11.6 Å². The highest BCUT2D eigenvalue weighted by atomic mass is 35.5. The molecule has 2 aromatic heterocycles. The van der Waals surface area contributed by atoms with Crippen molar-refractivity contribution in [3.63, 3.8) is 0 Å². The molecule has 2 bridgehead atoms. The molecule has 9 nitrogen and oxygen atoms in total. The van der Waals surface area contributed by atoms with Crippen molar-refractivity contribution < 1.29 is 14.2 Å². The van der Waals surface area contributed by atoms with Crippen molar-refractivity contribution in [1.82, 2.24) is 19.7 Å². The van der Waals surface area contributed by atoms with Crippen LogP contribution in [0.3, 0.4) is 0 Å². The van der Waals surface area contributed by atoms with Crippen molar-refractivity contribution in [3.8, 4) is 5.88 Å². The molecule has 1 unspecified atom stereocenters. The molecule has 28 heavy (non-hydrogen) atoms. The molecule has 0 saturated carbocycles. The van der Waals surface area contributed by atoms with E-state index in [2.05, 4.69) is 20.6 Å². The molecule has 2 aromatic rings. The average molecular weight is 409 g/mol. The lowest BCUT2D eigenvalue weighted by Crippen LogP contribution is -2.29. The zero-order chi connectivity index (χ0) is 19.5. The summed E-state index contributed by atoms with van der Waals surface area (Å²) in [5, 5.41) is 11.6. The molecule has 0 amide bonds. The lowest BCUT2D eigenvalue weighted by Gasteiger charge is -2.22. The highest BCUT2D eigenvalue weighted by Gasteiger charge is 2.23. The SMILES string of the molecule is COC1CNc2nc(ncc2Cl)Nc2c(nn(CC3CCOCC3)c2C)OC1. The van der Waals surface area contributed by atoms with Gasteiger partial charge in [-0.2, -0.15) is 4.98 Å². The Bertz CT molecular complexity index is 824. The van der Waals surface area contributed by atoms with E-state index in [-0.39, 0.29) is 6.10 Å². The summed E-state index contributed by atoms with van der Waals surface area (Å²) in [5.41, 5.74) is 1.74. The van der Waals surface area contributed by atoms with E-state index in [0.29, 0.717) is 41.7 Å². The summed E-state index contributed by atoms with van der Waals surface area (Å²) in [4.78, 5) is 8.76. The molecule has 1 saturated heterocycles. The minimum Gasteiger partial charge on any atom is -0.472 e. The average Bonchev–Trinajstić information content (AvgIpc) is 2.98. The molecule has 0 aromatic carbocycles. The summed E-state index contributed by atoms with van der Waals surface area (Å²) >= 11 is 6.21. The van der Waals surface area contributed by atoms with Crippen LogP contribution in [0.2, 0.25) is 5.02 Å². The first-order chi connectivity index (χ1) is 13.6. The summed E-state index contributed by atoms with van der Waals surface area (Å²) in [6.07, 6.45) is 3.47. The standard InChI is InChI=1S/C18H25ClN6O3/c1-11-15-17(24-25(11)9-12-3-5-27-6-4-12)28-10-13(26-2)7-20-16-14(19)8-21-18(22-15)23-16/h8,12-13H,3-7,9-10H2,1-2H3,(H2,20,21,22,23). The van der Waals surface area contributed by atoms with Gasteiger partial charge >= 0.3 is 0 Å². The zero-order valence-corrected chi connectivity index (χ0v) is 16.8. The quantitative estimate of drug-likeness (QED) is 0.800. The van der Waals surface area contributed by atoms with Crippen molar-refractivity contribution in [3.05, 3.63) is 16.9 Å². The summed E-state index contributed by atoms with van der Waals surface area (Å²) in [7, 11) is 1.65. The van der Waals surface area contributed by atoms with Crippen LogP contribution in [0.25, 0.3) is 0 Å². The Balaban J connectivity index is 1.65. The number of halogens is 1. The van der Waals surface area contributed by atoms with Crippen molar-refractivity contribution in [2.75, 3.05) is 44.1 Å². The van der Waals surface area contributed by atoms with Gasteiger partial charge in [-0.25, -0.2) is 4.98 Å². The molecule has 152 valence electrons. The highest BCUT2D eigenvalue weighted by molar-refractivity contribution is 6.32. The van der Waals surface area contributed by atoms with E-state index in [1.807, 2.05) is 11.6 Å². The highest BCUT2D eigenvalue weighted by Crippen LogP contribution is 2.32. The number of fused-ring (bicyclic) bond motifs is 3. The third-order valence-electron chi connectivity index (χ3n) is 5.16. The molecule has 2 N–H and O–H groups in total. The van der Waals surface area contributed by atoms with Gasteiger partial charge in [0.05, 0.1) is 11.9 Å². The summed E-state index contributed by atoms with van der Waals surface area (Å²) in [6, 6.07) is 0. The van der Waals surface area contributed by atoms with Crippen LogP contribution < -0.4 is 15.4 Å². The van der Waals surface area contributed by atoms with Gasteiger partial charge in [0.2, 0.25) is 5.95 Å². The third-order valence-corrected chi connectivity index (χ3v) is 5.44. The maximum atomic E-state index is 6.21. The summed E-state index contributed by atoms with van der Waals surface area (Å²) in [5.74, 6) is 2.05. The first-order valence-electron chi connectivity index (χ1n) is 9.48. The molecular weight excluding hydrogens is 384 g/mol. The molecule has 2 aliphatic heterocycles. The van der Waals surface area contributed by atoms with E-state index in [4.69, 9.17) is 30.9 Å². The van der Waals surface area contributed by atoms with Gasteiger partial charge < -0.3 is 24.8 Å². The Hall–Kier alpha value is -2.10. The van der Waals surface area contributed by atoms with Gasteiger partial charge in [-0.3, -0.25) is 4.68 Å². The van der Waals surface area contributed by atoms with E-state index < -0.39 is 0 Å². The smallest absolute Gasteiger partial charge is 0.257 e. The van der Waals surface area contributed by atoms with Crippen molar-refractivity contribution >= 4 is 29.1 Å². The molecule has 2 aliphatic rings. The van der Waals surface area contributed by atoms with Crippen LogP contribution in [-0.4, -0.2) is 59.3 Å². The van der Waals surface area contributed by atoms with Gasteiger partial charge in [-0.05, 0) is 25.7 Å². The second kappa shape index (κ2) is 8.50. The van der Waals surface area contributed by atoms with Crippen molar-refractivity contribution in [2.45, 2.75) is 32.4 Å². The lowest BCUT2D eigenvalue weighted by atomic mass is 10.0. The number of anilines is 3. The van der Waals surface area contributed by atoms with Gasteiger partial charge in [0, 0.05) is 33.4 Å². The molecule has 4 heterocycles. The first-order valence-corrected chi connectivity index (χ1v) is 9.86. The number of nitrogens with zero attached hydrogens (tertiary/aromatic N) is 4. The lowest BCUT2D eigenvalue weighted by molar-refractivity contribution is 0.0586. The predicted molar refractivity (Wildman–Crippen MR) is 106 cm³/mol. The summed E-state index contributed by atoms with van der Waals surface area (Å²) in [6.45, 7) is 5.32. The molecular formula is C18H25ClN6O3. The predicted octanol–water partition coefficient (Wildman–Crippen LogP) is 2.62. The maximum Gasteiger partial charge on any atom is 0.257 e. The Morgan fingerprint density at radius 1 is 1.36 bits per heavy atom. The molecule has 4 rings (SSSR count). The minimum atomic E-state index is -0.179. The molecule has 0 radical (unpaired) electrons.